The summed E-state index contributed by atoms with van der Waals surface area (Å²) in [4.78, 5) is 13.3. The van der Waals surface area contributed by atoms with Crippen LogP contribution >= 0.6 is 0 Å². The van der Waals surface area contributed by atoms with Crippen LogP contribution in [0.3, 0.4) is 0 Å². The Hall–Kier alpha value is -1.13. The molecule has 1 aliphatic heterocycles. The first kappa shape index (κ1) is 12.3. The molecule has 0 aromatic heterocycles. The monoisotopic (exact) mass is 249 g/mol. The highest BCUT2D eigenvalue weighted by Gasteiger charge is 2.58. The molecule has 1 aromatic rings. The normalized spacial score (nSPS) is 23.6. The highest BCUT2D eigenvalue weighted by Crippen LogP contribution is 2.45. The van der Waals surface area contributed by atoms with Crippen LogP contribution in [0, 0.1) is 0 Å². The van der Waals surface area contributed by atoms with Crippen molar-refractivity contribution in [3.63, 3.8) is 0 Å². The SMILES string of the molecule is CC(=O)N1CC1(O[Si](C)(C)C)c1ccccc1. The van der Waals surface area contributed by atoms with Crippen LogP contribution < -0.4 is 0 Å². The summed E-state index contributed by atoms with van der Waals surface area (Å²) in [5.74, 6) is 0.0760. The van der Waals surface area contributed by atoms with Crippen molar-refractivity contribution in [2.75, 3.05) is 6.54 Å². The van der Waals surface area contributed by atoms with Crippen LogP contribution in [-0.4, -0.2) is 25.7 Å². The number of carbonyl (C=O) groups is 1. The van der Waals surface area contributed by atoms with E-state index in [4.69, 9.17) is 4.43 Å². The minimum atomic E-state index is -1.69. The zero-order chi connectivity index (χ0) is 12.7. The van der Waals surface area contributed by atoms with Crippen molar-refractivity contribution < 1.29 is 9.22 Å². The zero-order valence-corrected chi connectivity index (χ0v) is 11.9. The number of rotatable bonds is 3. The maximum atomic E-state index is 11.5. The summed E-state index contributed by atoms with van der Waals surface area (Å²) >= 11 is 0. The summed E-state index contributed by atoms with van der Waals surface area (Å²) in [5.41, 5.74) is 0.593. The van der Waals surface area contributed by atoms with Crippen LogP contribution in [0.5, 0.6) is 0 Å². The third-order valence-electron chi connectivity index (χ3n) is 2.78. The average Bonchev–Trinajstić information content (AvgIpc) is 2.93. The van der Waals surface area contributed by atoms with Crippen LogP contribution in [0.1, 0.15) is 12.5 Å². The Morgan fingerprint density at radius 3 is 2.29 bits per heavy atom. The van der Waals surface area contributed by atoms with Crippen molar-refractivity contribution in [2.45, 2.75) is 32.3 Å². The topological polar surface area (TPSA) is 29.3 Å². The summed E-state index contributed by atoms with van der Waals surface area (Å²) in [6.07, 6.45) is 0. The average molecular weight is 249 g/mol. The van der Waals surface area contributed by atoms with E-state index in [2.05, 4.69) is 19.6 Å². The Kier molecular flexibility index (Phi) is 2.87. The molecule has 0 N–H and O–H groups in total. The van der Waals surface area contributed by atoms with E-state index in [0.717, 1.165) is 5.56 Å². The van der Waals surface area contributed by atoms with Crippen molar-refractivity contribution in [3.8, 4) is 0 Å². The number of amides is 1. The molecule has 0 aliphatic carbocycles. The lowest BCUT2D eigenvalue weighted by Crippen LogP contribution is -2.36. The summed E-state index contributed by atoms with van der Waals surface area (Å²) in [6, 6.07) is 10.0. The third kappa shape index (κ3) is 2.42. The van der Waals surface area contributed by atoms with Crippen LogP contribution in [-0.2, 0) is 14.9 Å². The summed E-state index contributed by atoms with van der Waals surface area (Å²) < 4.78 is 6.24. The second kappa shape index (κ2) is 3.96. The maximum Gasteiger partial charge on any atom is 0.222 e. The number of hydrogen-bond acceptors (Lipinski definition) is 2. The molecule has 0 saturated carbocycles. The molecular formula is C13H19NO2Si. The Morgan fingerprint density at radius 1 is 1.29 bits per heavy atom. The fourth-order valence-corrected chi connectivity index (χ4v) is 3.45. The Bertz CT molecular complexity index is 427. The molecule has 3 nitrogen and oxygen atoms in total. The molecule has 1 atom stereocenters. The number of hydrogen-bond donors (Lipinski definition) is 0. The van der Waals surface area contributed by atoms with E-state index in [1.54, 1.807) is 11.8 Å². The lowest BCUT2D eigenvalue weighted by molar-refractivity contribution is -0.127. The molecule has 17 heavy (non-hydrogen) atoms. The molecule has 1 aromatic carbocycles. The van der Waals surface area contributed by atoms with Crippen molar-refractivity contribution >= 4 is 14.2 Å². The number of benzene rings is 1. The molecule has 1 unspecified atom stereocenters. The summed E-state index contributed by atoms with van der Waals surface area (Å²) in [6.45, 7) is 8.71. The standard InChI is InChI=1S/C13H19NO2Si/c1-11(15)14-10-13(14,16-17(2,3)4)12-8-6-5-7-9-12/h5-9H,10H2,1-4H3. The quantitative estimate of drug-likeness (QED) is 0.608. The molecule has 0 radical (unpaired) electrons. The summed E-state index contributed by atoms with van der Waals surface area (Å²) in [5, 5.41) is 0. The molecule has 2 rings (SSSR count). The van der Waals surface area contributed by atoms with E-state index in [1.165, 1.54) is 0 Å². The smallest absolute Gasteiger partial charge is 0.222 e. The fraction of sp³-hybridized carbons (Fsp3) is 0.462. The first-order valence-corrected chi connectivity index (χ1v) is 9.30. The van der Waals surface area contributed by atoms with Gasteiger partial charge in [0, 0.05) is 12.5 Å². The molecular weight excluding hydrogens is 230 g/mol. The van der Waals surface area contributed by atoms with Gasteiger partial charge >= 0.3 is 0 Å². The van der Waals surface area contributed by atoms with Gasteiger partial charge < -0.3 is 9.33 Å². The molecule has 1 saturated heterocycles. The van der Waals surface area contributed by atoms with Crippen molar-refractivity contribution in [1.29, 1.82) is 0 Å². The molecule has 1 fully saturated rings. The van der Waals surface area contributed by atoms with Gasteiger partial charge in [-0.3, -0.25) is 4.79 Å². The van der Waals surface area contributed by atoms with Gasteiger partial charge in [-0.05, 0) is 19.6 Å². The van der Waals surface area contributed by atoms with Gasteiger partial charge in [0.25, 0.3) is 0 Å². The predicted molar refractivity (Wildman–Crippen MR) is 69.9 cm³/mol. The predicted octanol–water partition coefficient (Wildman–Crippen LogP) is 2.55. The van der Waals surface area contributed by atoms with Gasteiger partial charge in [-0.1, -0.05) is 30.3 Å². The highest BCUT2D eigenvalue weighted by molar-refractivity contribution is 6.69. The molecule has 1 amide bonds. The first-order valence-electron chi connectivity index (χ1n) is 5.89. The maximum absolute atomic E-state index is 11.5. The van der Waals surface area contributed by atoms with Crippen molar-refractivity contribution in [2.24, 2.45) is 0 Å². The minimum Gasteiger partial charge on any atom is -0.391 e. The second-order valence-electron chi connectivity index (χ2n) is 5.47. The lowest BCUT2D eigenvalue weighted by atomic mass is 10.1. The van der Waals surface area contributed by atoms with Crippen LogP contribution in [0.4, 0.5) is 0 Å². The third-order valence-corrected chi connectivity index (χ3v) is 3.74. The van der Waals surface area contributed by atoms with Gasteiger partial charge in [-0.2, -0.15) is 0 Å². The van der Waals surface area contributed by atoms with Gasteiger partial charge in [0.1, 0.15) is 0 Å². The zero-order valence-electron chi connectivity index (χ0n) is 10.9. The Labute approximate surface area is 104 Å². The summed E-state index contributed by atoms with van der Waals surface area (Å²) in [7, 11) is -1.69. The molecule has 92 valence electrons. The Morgan fingerprint density at radius 2 is 1.88 bits per heavy atom. The van der Waals surface area contributed by atoms with E-state index >= 15 is 0 Å². The molecule has 1 aliphatic rings. The van der Waals surface area contributed by atoms with Crippen molar-refractivity contribution in [3.05, 3.63) is 35.9 Å². The van der Waals surface area contributed by atoms with E-state index in [1.807, 2.05) is 30.3 Å². The largest absolute Gasteiger partial charge is 0.391 e. The fourth-order valence-electron chi connectivity index (χ4n) is 2.14. The lowest BCUT2D eigenvalue weighted by Gasteiger charge is -2.27. The molecule has 0 bridgehead atoms. The first-order chi connectivity index (χ1) is 7.85. The highest BCUT2D eigenvalue weighted by atomic mass is 28.4. The van der Waals surface area contributed by atoms with E-state index in [0.29, 0.717) is 6.54 Å². The van der Waals surface area contributed by atoms with Gasteiger partial charge in [0.2, 0.25) is 5.91 Å². The number of carbonyl (C=O) groups excluding carboxylic acids is 1. The molecule has 0 spiro atoms. The van der Waals surface area contributed by atoms with E-state index < -0.39 is 14.0 Å². The van der Waals surface area contributed by atoms with Crippen LogP contribution in [0.2, 0.25) is 19.6 Å². The van der Waals surface area contributed by atoms with Crippen LogP contribution in [0.15, 0.2) is 30.3 Å². The molecule has 1 heterocycles. The van der Waals surface area contributed by atoms with Gasteiger partial charge in [0.05, 0.1) is 6.54 Å². The second-order valence-corrected chi connectivity index (χ2v) is 9.90. The van der Waals surface area contributed by atoms with Gasteiger partial charge in [0.15, 0.2) is 14.0 Å². The van der Waals surface area contributed by atoms with E-state index in [-0.39, 0.29) is 5.91 Å². The van der Waals surface area contributed by atoms with E-state index in [9.17, 15) is 4.79 Å². The molecule has 4 heteroatoms. The van der Waals surface area contributed by atoms with Crippen LogP contribution in [0.25, 0.3) is 0 Å². The Balaban J connectivity index is 2.32. The van der Waals surface area contributed by atoms with Gasteiger partial charge in [-0.15, -0.1) is 0 Å². The van der Waals surface area contributed by atoms with Crippen molar-refractivity contribution in [1.82, 2.24) is 4.90 Å². The van der Waals surface area contributed by atoms with Gasteiger partial charge in [-0.25, -0.2) is 0 Å². The number of nitrogens with zero attached hydrogens (tertiary/aromatic N) is 1. The minimum absolute atomic E-state index is 0.0760.